The van der Waals surface area contributed by atoms with Crippen LogP contribution in [0.2, 0.25) is 10.0 Å². The molecule has 1 amide bonds. The van der Waals surface area contributed by atoms with Crippen LogP contribution in [0.1, 0.15) is 18.5 Å². The first-order chi connectivity index (χ1) is 11.0. The average Bonchev–Trinajstić information content (AvgIpc) is 2.54. The smallest absolute Gasteiger partial charge is 0.265 e. The molecular formula is C17H15Cl2NO3. The Kier molecular flexibility index (Phi) is 4.64. The minimum absolute atomic E-state index is 0.171. The number of amides is 1. The molecule has 0 fully saturated rings. The summed E-state index contributed by atoms with van der Waals surface area (Å²) in [6.07, 6.45) is -0.696. The van der Waals surface area contributed by atoms with Gasteiger partial charge in [0.2, 0.25) is 6.10 Å². The van der Waals surface area contributed by atoms with Gasteiger partial charge in [-0.15, -0.1) is 0 Å². The minimum atomic E-state index is -0.696. The monoisotopic (exact) mass is 351 g/mol. The topological polar surface area (TPSA) is 47.6 Å². The number of halogens is 2. The van der Waals surface area contributed by atoms with Gasteiger partial charge in [-0.2, -0.15) is 0 Å². The standard InChI is InChI=1S/C17H15Cl2NO3/c1-10(12-7-6-11(18)8-13(12)19)20-17(21)16-9-22-14-4-2-3-5-15(14)23-16/h2-8,10,16H,9H2,1H3,(H,20,21)/t10-,16+/m1/s1. The molecule has 0 unspecified atom stereocenters. The second-order valence-electron chi connectivity index (χ2n) is 5.26. The average molecular weight is 352 g/mol. The van der Waals surface area contributed by atoms with Gasteiger partial charge in [0.25, 0.3) is 5.91 Å². The molecule has 0 bridgehead atoms. The van der Waals surface area contributed by atoms with Crippen molar-refractivity contribution in [2.24, 2.45) is 0 Å². The lowest BCUT2D eigenvalue weighted by atomic mass is 10.1. The molecule has 4 nitrogen and oxygen atoms in total. The first-order valence-electron chi connectivity index (χ1n) is 7.18. The normalized spacial score (nSPS) is 17.4. The first kappa shape index (κ1) is 16.0. The fourth-order valence-electron chi connectivity index (χ4n) is 2.39. The molecule has 2 aromatic rings. The maximum atomic E-state index is 12.4. The number of carbonyl (C=O) groups is 1. The zero-order chi connectivity index (χ0) is 16.4. The molecule has 1 heterocycles. The van der Waals surface area contributed by atoms with Crippen LogP contribution in [-0.4, -0.2) is 18.6 Å². The second kappa shape index (κ2) is 6.69. The maximum Gasteiger partial charge on any atom is 0.265 e. The third-order valence-corrected chi connectivity index (χ3v) is 4.15. The Morgan fingerprint density at radius 1 is 1.22 bits per heavy atom. The second-order valence-corrected chi connectivity index (χ2v) is 6.10. The summed E-state index contributed by atoms with van der Waals surface area (Å²) in [5.41, 5.74) is 0.793. The van der Waals surface area contributed by atoms with E-state index in [1.54, 1.807) is 30.3 Å². The van der Waals surface area contributed by atoms with Crippen LogP contribution in [-0.2, 0) is 4.79 Å². The van der Waals surface area contributed by atoms with Crippen molar-refractivity contribution >= 4 is 29.1 Å². The van der Waals surface area contributed by atoms with Gasteiger partial charge in [-0.1, -0.05) is 41.4 Å². The quantitative estimate of drug-likeness (QED) is 0.908. The molecule has 0 radical (unpaired) electrons. The minimum Gasteiger partial charge on any atom is -0.485 e. The van der Waals surface area contributed by atoms with E-state index in [1.165, 1.54) is 0 Å². The van der Waals surface area contributed by atoms with Crippen molar-refractivity contribution in [3.05, 3.63) is 58.1 Å². The number of carbonyl (C=O) groups excluding carboxylic acids is 1. The number of benzene rings is 2. The first-order valence-corrected chi connectivity index (χ1v) is 7.94. The predicted molar refractivity (Wildman–Crippen MR) is 89.4 cm³/mol. The number of hydrogen-bond donors (Lipinski definition) is 1. The lowest BCUT2D eigenvalue weighted by Gasteiger charge is -2.27. The molecule has 3 rings (SSSR count). The molecule has 0 aliphatic carbocycles. The number of fused-ring (bicyclic) bond motifs is 1. The summed E-state index contributed by atoms with van der Waals surface area (Å²) in [6, 6.07) is 12.2. The van der Waals surface area contributed by atoms with E-state index in [4.69, 9.17) is 32.7 Å². The zero-order valence-corrected chi connectivity index (χ0v) is 13.9. The number of ether oxygens (including phenoxy) is 2. The number of rotatable bonds is 3. The Labute approximate surface area is 144 Å². The molecule has 0 saturated carbocycles. The van der Waals surface area contributed by atoms with Crippen molar-refractivity contribution in [3.63, 3.8) is 0 Å². The van der Waals surface area contributed by atoms with Gasteiger partial charge in [0, 0.05) is 10.0 Å². The van der Waals surface area contributed by atoms with Crippen molar-refractivity contribution in [1.29, 1.82) is 0 Å². The summed E-state index contributed by atoms with van der Waals surface area (Å²) in [5, 5.41) is 3.95. The molecule has 0 spiro atoms. The van der Waals surface area contributed by atoms with E-state index in [2.05, 4.69) is 5.32 Å². The third kappa shape index (κ3) is 3.54. The molecule has 2 atom stereocenters. The van der Waals surface area contributed by atoms with Crippen LogP contribution >= 0.6 is 23.2 Å². The van der Waals surface area contributed by atoms with Crippen molar-refractivity contribution in [3.8, 4) is 11.5 Å². The fraction of sp³-hybridized carbons (Fsp3) is 0.235. The zero-order valence-electron chi connectivity index (χ0n) is 12.4. The van der Waals surface area contributed by atoms with Crippen LogP contribution in [0.5, 0.6) is 11.5 Å². The Balaban J connectivity index is 1.68. The van der Waals surface area contributed by atoms with Crippen molar-refractivity contribution < 1.29 is 14.3 Å². The molecule has 0 aromatic heterocycles. The lowest BCUT2D eigenvalue weighted by Crippen LogP contribution is -2.44. The van der Waals surface area contributed by atoms with Gasteiger partial charge < -0.3 is 14.8 Å². The summed E-state index contributed by atoms with van der Waals surface area (Å²) < 4.78 is 11.2. The molecule has 2 aromatic carbocycles. The van der Waals surface area contributed by atoms with E-state index in [1.807, 2.05) is 19.1 Å². The summed E-state index contributed by atoms with van der Waals surface area (Å²) >= 11 is 12.1. The highest BCUT2D eigenvalue weighted by molar-refractivity contribution is 6.35. The van der Waals surface area contributed by atoms with Gasteiger partial charge in [-0.25, -0.2) is 0 Å². The van der Waals surface area contributed by atoms with Crippen LogP contribution in [0.25, 0.3) is 0 Å². The van der Waals surface area contributed by atoms with Crippen LogP contribution < -0.4 is 14.8 Å². The van der Waals surface area contributed by atoms with Crippen LogP contribution in [0, 0.1) is 0 Å². The molecule has 1 aliphatic heterocycles. The van der Waals surface area contributed by atoms with Gasteiger partial charge in [0.1, 0.15) is 6.61 Å². The van der Waals surface area contributed by atoms with E-state index in [0.717, 1.165) is 5.56 Å². The third-order valence-electron chi connectivity index (χ3n) is 3.59. The highest BCUT2D eigenvalue weighted by Gasteiger charge is 2.28. The Morgan fingerprint density at radius 2 is 1.96 bits per heavy atom. The molecule has 6 heteroatoms. The van der Waals surface area contributed by atoms with Gasteiger partial charge in [0.15, 0.2) is 11.5 Å². The molecule has 1 aliphatic rings. The Hall–Kier alpha value is -1.91. The van der Waals surface area contributed by atoms with Gasteiger partial charge >= 0.3 is 0 Å². The van der Waals surface area contributed by atoms with Crippen LogP contribution in [0.15, 0.2) is 42.5 Å². The Morgan fingerprint density at radius 3 is 2.70 bits per heavy atom. The van der Waals surface area contributed by atoms with E-state index in [0.29, 0.717) is 21.5 Å². The van der Waals surface area contributed by atoms with Gasteiger partial charge in [-0.05, 0) is 36.8 Å². The number of nitrogens with one attached hydrogen (secondary N) is 1. The fourth-order valence-corrected chi connectivity index (χ4v) is 2.96. The van der Waals surface area contributed by atoms with E-state index in [9.17, 15) is 4.79 Å². The molecule has 23 heavy (non-hydrogen) atoms. The Bertz CT molecular complexity index is 736. The molecule has 120 valence electrons. The lowest BCUT2D eigenvalue weighted by molar-refractivity contribution is -0.131. The predicted octanol–water partition coefficient (Wildman–Crippen LogP) is 4.01. The summed E-state index contributed by atoms with van der Waals surface area (Å²) in [4.78, 5) is 12.4. The highest BCUT2D eigenvalue weighted by atomic mass is 35.5. The van der Waals surface area contributed by atoms with Crippen LogP contribution in [0.3, 0.4) is 0 Å². The van der Waals surface area contributed by atoms with Crippen molar-refractivity contribution in [2.45, 2.75) is 19.1 Å². The molecular weight excluding hydrogens is 337 g/mol. The summed E-state index contributed by atoms with van der Waals surface area (Å²) in [5.74, 6) is 0.958. The number of hydrogen-bond acceptors (Lipinski definition) is 3. The van der Waals surface area contributed by atoms with E-state index >= 15 is 0 Å². The van der Waals surface area contributed by atoms with Crippen molar-refractivity contribution in [1.82, 2.24) is 5.32 Å². The maximum absolute atomic E-state index is 12.4. The summed E-state index contributed by atoms with van der Waals surface area (Å²) in [7, 11) is 0. The van der Waals surface area contributed by atoms with E-state index < -0.39 is 6.10 Å². The SMILES string of the molecule is C[C@@H](NC(=O)[C@@H]1COc2ccccc2O1)c1ccc(Cl)cc1Cl. The largest absolute Gasteiger partial charge is 0.485 e. The van der Waals surface area contributed by atoms with Crippen LogP contribution in [0.4, 0.5) is 0 Å². The molecule has 0 saturated heterocycles. The van der Waals surface area contributed by atoms with E-state index in [-0.39, 0.29) is 18.6 Å². The summed E-state index contributed by atoms with van der Waals surface area (Å²) in [6.45, 7) is 2.02. The van der Waals surface area contributed by atoms with Crippen molar-refractivity contribution in [2.75, 3.05) is 6.61 Å². The van der Waals surface area contributed by atoms with Gasteiger partial charge in [-0.3, -0.25) is 4.79 Å². The highest BCUT2D eigenvalue weighted by Crippen LogP contribution is 2.31. The molecule has 1 N–H and O–H groups in total. The van der Waals surface area contributed by atoms with Gasteiger partial charge in [0.05, 0.1) is 6.04 Å². The number of para-hydroxylation sites is 2.